The van der Waals surface area contributed by atoms with Gasteiger partial charge in [-0.1, -0.05) is 55.7 Å². The van der Waals surface area contributed by atoms with Gasteiger partial charge in [-0.15, -0.1) is 0 Å². The summed E-state index contributed by atoms with van der Waals surface area (Å²) in [5.74, 6) is 0.234. The Labute approximate surface area is 189 Å². The lowest BCUT2D eigenvalue weighted by Crippen LogP contribution is -2.38. The average molecular weight is 453 g/mol. The first-order valence-electron chi connectivity index (χ1n) is 10.9. The van der Waals surface area contributed by atoms with Crippen LogP contribution in [0, 0.1) is 0 Å². The third-order valence-electron chi connectivity index (χ3n) is 6.10. The van der Waals surface area contributed by atoms with E-state index in [1.807, 2.05) is 30.3 Å². The van der Waals surface area contributed by atoms with Crippen LogP contribution in [0.25, 0.3) is 0 Å². The molecule has 1 heterocycles. The van der Waals surface area contributed by atoms with E-state index in [4.69, 9.17) is 4.42 Å². The van der Waals surface area contributed by atoms with Crippen LogP contribution in [-0.2, 0) is 10.0 Å². The molecule has 0 saturated heterocycles. The van der Waals surface area contributed by atoms with Gasteiger partial charge < -0.3 is 9.73 Å². The average Bonchev–Trinajstić information content (AvgIpc) is 3.37. The van der Waals surface area contributed by atoms with Crippen LogP contribution < -0.4 is 5.32 Å². The Bertz CT molecular complexity index is 1140. The number of carbonyl (C=O) groups is 1. The van der Waals surface area contributed by atoms with Gasteiger partial charge in [0.1, 0.15) is 11.8 Å². The summed E-state index contributed by atoms with van der Waals surface area (Å²) in [6.45, 7) is 0. The van der Waals surface area contributed by atoms with Gasteiger partial charge in [-0.2, -0.15) is 4.31 Å². The second-order valence-corrected chi connectivity index (χ2v) is 10.2. The van der Waals surface area contributed by atoms with Crippen molar-refractivity contribution >= 4 is 15.9 Å². The highest BCUT2D eigenvalue weighted by Gasteiger charge is 2.29. The molecular formula is C25H28N2O4S. The molecule has 0 aliphatic heterocycles. The number of rotatable bonds is 7. The van der Waals surface area contributed by atoms with Crippen LogP contribution in [0.15, 0.2) is 82.3 Å². The summed E-state index contributed by atoms with van der Waals surface area (Å²) in [6.07, 6.45) is 6.54. The Morgan fingerprint density at radius 3 is 2.44 bits per heavy atom. The molecule has 32 heavy (non-hydrogen) atoms. The van der Waals surface area contributed by atoms with E-state index in [0.29, 0.717) is 5.76 Å². The van der Waals surface area contributed by atoms with Gasteiger partial charge in [-0.05, 0) is 48.7 Å². The second kappa shape index (κ2) is 9.71. The third kappa shape index (κ3) is 4.79. The number of nitrogens with zero attached hydrogens (tertiary/aromatic N) is 1. The van der Waals surface area contributed by atoms with Crippen molar-refractivity contribution < 1.29 is 17.6 Å². The number of benzene rings is 2. The monoisotopic (exact) mass is 452 g/mol. The van der Waals surface area contributed by atoms with E-state index in [9.17, 15) is 13.2 Å². The Morgan fingerprint density at radius 2 is 1.75 bits per heavy atom. The Kier molecular flexibility index (Phi) is 6.77. The summed E-state index contributed by atoms with van der Waals surface area (Å²) in [5, 5.41) is 2.98. The van der Waals surface area contributed by atoms with E-state index in [1.165, 1.54) is 10.4 Å². The summed E-state index contributed by atoms with van der Waals surface area (Å²) in [6, 6.07) is 18.8. The maximum Gasteiger partial charge on any atom is 0.252 e. The molecule has 6 nitrogen and oxygen atoms in total. The maximum absolute atomic E-state index is 13.2. The molecule has 2 aromatic carbocycles. The van der Waals surface area contributed by atoms with E-state index >= 15 is 0 Å². The Hall–Kier alpha value is -2.90. The first-order chi connectivity index (χ1) is 15.5. The number of amides is 1. The van der Waals surface area contributed by atoms with Crippen LogP contribution in [0.1, 0.15) is 59.8 Å². The van der Waals surface area contributed by atoms with Crippen LogP contribution in [0.4, 0.5) is 0 Å². The largest absolute Gasteiger partial charge is 0.467 e. The number of hydrogen-bond acceptors (Lipinski definition) is 4. The van der Waals surface area contributed by atoms with Crippen molar-refractivity contribution in [1.82, 2.24) is 9.62 Å². The molecular weight excluding hydrogens is 424 g/mol. The zero-order valence-corrected chi connectivity index (χ0v) is 18.9. The van der Waals surface area contributed by atoms with Crippen LogP contribution in [-0.4, -0.2) is 31.7 Å². The van der Waals surface area contributed by atoms with Crippen LogP contribution in [0.5, 0.6) is 0 Å². The lowest BCUT2D eigenvalue weighted by atomic mass is 9.96. The standard InChI is InChI=1S/C25H28N2O4S/c1-27(21-13-6-3-7-14-21)32(29,30)22-15-8-12-20(18-22)25(28)26-24(23-16-9-17-31-23)19-10-4-2-5-11-19/h2,4-5,8-12,15-18,21,24H,3,6-7,13-14H2,1H3,(H,26,28). The van der Waals surface area contributed by atoms with Gasteiger partial charge in [0.25, 0.3) is 5.91 Å². The van der Waals surface area contributed by atoms with Crippen molar-refractivity contribution in [2.75, 3.05) is 7.05 Å². The molecule has 1 unspecified atom stereocenters. The summed E-state index contributed by atoms with van der Waals surface area (Å²) < 4.78 is 33.4. The summed E-state index contributed by atoms with van der Waals surface area (Å²) in [7, 11) is -2.04. The zero-order chi connectivity index (χ0) is 22.6. The minimum atomic E-state index is -3.68. The van der Waals surface area contributed by atoms with E-state index in [2.05, 4.69) is 5.32 Å². The van der Waals surface area contributed by atoms with Crippen molar-refractivity contribution in [3.8, 4) is 0 Å². The first kappa shape index (κ1) is 22.3. The third-order valence-corrected chi connectivity index (χ3v) is 8.00. The van der Waals surface area contributed by atoms with Gasteiger partial charge in [0, 0.05) is 18.7 Å². The van der Waals surface area contributed by atoms with Crippen molar-refractivity contribution in [2.45, 2.75) is 49.1 Å². The van der Waals surface area contributed by atoms with Gasteiger partial charge in [-0.3, -0.25) is 4.79 Å². The molecule has 1 amide bonds. The molecule has 1 atom stereocenters. The molecule has 1 fully saturated rings. The Balaban J connectivity index is 1.57. The molecule has 1 aliphatic rings. The molecule has 7 heteroatoms. The second-order valence-electron chi connectivity index (χ2n) is 8.17. The molecule has 0 spiro atoms. The summed E-state index contributed by atoms with van der Waals surface area (Å²) >= 11 is 0. The quantitative estimate of drug-likeness (QED) is 0.561. The summed E-state index contributed by atoms with van der Waals surface area (Å²) in [4.78, 5) is 13.2. The van der Waals surface area contributed by atoms with Crippen molar-refractivity contribution in [2.24, 2.45) is 0 Å². The van der Waals surface area contributed by atoms with Gasteiger partial charge in [0.15, 0.2) is 0 Å². The molecule has 1 saturated carbocycles. The van der Waals surface area contributed by atoms with E-state index in [1.54, 1.807) is 43.6 Å². The Morgan fingerprint density at radius 1 is 1.00 bits per heavy atom. The SMILES string of the molecule is CN(C1CCCCC1)S(=O)(=O)c1cccc(C(=O)NC(c2ccccc2)c2ccco2)c1. The van der Waals surface area contributed by atoms with Gasteiger partial charge in [-0.25, -0.2) is 8.42 Å². The predicted octanol–water partition coefficient (Wildman–Crippen LogP) is 4.75. The topological polar surface area (TPSA) is 79.6 Å². The van der Waals surface area contributed by atoms with Gasteiger partial charge >= 0.3 is 0 Å². The molecule has 1 aromatic heterocycles. The van der Waals surface area contributed by atoms with Crippen LogP contribution >= 0.6 is 0 Å². The first-order valence-corrected chi connectivity index (χ1v) is 12.4. The lowest BCUT2D eigenvalue weighted by Gasteiger charge is -2.30. The maximum atomic E-state index is 13.2. The zero-order valence-electron chi connectivity index (χ0n) is 18.1. The van der Waals surface area contributed by atoms with Crippen molar-refractivity contribution in [3.63, 3.8) is 0 Å². The predicted molar refractivity (Wildman–Crippen MR) is 123 cm³/mol. The smallest absolute Gasteiger partial charge is 0.252 e. The summed E-state index contributed by atoms with van der Waals surface area (Å²) in [5.41, 5.74) is 1.16. The molecule has 168 valence electrons. The normalized spacial score (nSPS) is 16.1. The molecule has 3 aromatic rings. The van der Waals surface area contributed by atoms with E-state index in [0.717, 1.165) is 37.7 Å². The number of carbonyl (C=O) groups excluding carboxylic acids is 1. The fraction of sp³-hybridized carbons (Fsp3) is 0.320. The van der Waals surface area contributed by atoms with Crippen LogP contribution in [0.2, 0.25) is 0 Å². The fourth-order valence-electron chi connectivity index (χ4n) is 4.24. The van der Waals surface area contributed by atoms with E-state index < -0.39 is 16.1 Å². The number of furan rings is 1. The minimum absolute atomic E-state index is 0.00708. The molecule has 1 N–H and O–H groups in total. The number of hydrogen-bond donors (Lipinski definition) is 1. The fourth-order valence-corrected chi connectivity index (χ4v) is 5.70. The number of nitrogens with one attached hydrogen (secondary N) is 1. The van der Waals surface area contributed by atoms with Crippen molar-refractivity contribution in [1.29, 1.82) is 0 Å². The van der Waals surface area contributed by atoms with Crippen molar-refractivity contribution in [3.05, 3.63) is 89.9 Å². The molecule has 0 radical (unpaired) electrons. The molecule has 4 rings (SSSR count). The van der Waals surface area contributed by atoms with Gasteiger partial charge in [0.05, 0.1) is 11.2 Å². The van der Waals surface area contributed by atoms with E-state index in [-0.39, 0.29) is 22.4 Å². The highest BCUT2D eigenvalue weighted by molar-refractivity contribution is 7.89. The number of sulfonamides is 1. The van der Waals surface area contributed by atoms with Crippen LogP contribution in [0.3, 0.4) is 0 Å². The lowest BCUT2D eigenvalue weighted by molar-refractivity contribution is 0.0938. The highest BCUT2D eigenvalue weighted by Crippen LogP contribution is 2.27. The highest BCUT2D eigenvalue weighted by atomic mass is 32.2. The van der Waals surface area contributed by atoms with Gasteiger partial charge in [0.2, 0.25) is 10.0 Å². The molecule has 0 bridgehead atoms. The molecule has 1 aliphatic carbocycles. The minimum Gasteiger partial charge on any atom is -0.467 e.